The van der Waals surface area contributed by atoms with Gasteiger partial charge >= 0.3 is 6.09 Å². The average Bonchev–Trinajstić information content (AvgIpc) is 2.48. The van der Waals surface area contributed by atoms with E-state index in [0.717, 1.165) is 10.5 Å². The first-order valence-electron chi connectivity index (χ1n) is 6.66. The molecule has 6 heteroatoms. The van der Waals surface area contributed by atoms with Gasteiger partial charge in [0.25, 0.3) is 0 Å². The van der Waals surface area contributed by atoms with Gasteiger partial charge in [-0.3, -0.25) is 4.90 Å². The summed E-state index contributed by atoms with van der Waals surface area (Å²) in [5.74, 6) is 0.804. The van der Waals surface area contributed by atoms with Crippen molar-refractivity contribution in [2.75, 3.05) is 22.5 Å². The summed E-state index contributed by atoms with van der Waals surface area (Å²) in [6.45, 7) is 2.69. The van der Waals surface area contributed by atoms with Crippen LogP contribution in [0.4, 0.5) is 22.1 Å². The number of rotatable bonds is 5. The Labute approximate surface area is 123 Å². The fraction of sp³-hybridized carbons (Fsp3) is 0.200. The summed E-state index contributed by atoms with van der Waals surface area (Å²) in [6.07, 6.45) is -1.05. The van der Waals surface area contributed by atoms with Crippen molar-refractivity contribution in [3.05, 3.63) is 48.0 Å². The number of nitrogen functional groups attached to an aromatic ring is 1. The fourth-order valence-electron chi connectivity index (χ4n) is 1.99. The molecule has 0 fully saturated rings. The Morgan fingerprint density at radius 1 is 1.29 bits per heavy atom. The summed E-state index contributed by atoms with van der Waals surface area (Å²) in [5, 5.41) is 12.3. The quantitative estimate of drug-likeness (QED) is 0.786. The highest BCUT2D eigenvalue weighted by Gasteiger charge is 2.15. The van der Waals surface area contributed by atoms with Crippen molar-refractivity contribution in [2.45, 2.75) is 13.5 Å². The van der Waals surface area contributed by atoms with E-state index in [4.69, 9.17) is 10.8 Å². The predicted molar refractivity (Wildman–Crippen MR) is 83.5 cm³/mol. The molecule has 0 saturated carbocycles. The molecule has 0 atom stereocenters. The van der Waals surface area contributed by atoms with Gasteiger partial charge in [0.05, 0.1) is 5.69 Å². The van der Waals surface area contributed by atoms with Gasteiger partial charge in [0.2, 0.25) is 0 Å². The van der Waals surface area contributed by atoms with Crippen LogP contribution in [0.5, 0.6) is 0 Å². The van der Waals surface area contributed by atoms with Gasteiger partial charge in [0, 0.05) is 13.1 Å². The van der Waals surface area contributed by atoms with Crippen LogP contribution >= 0.6 is 0 Å². The van der Waals surface area contributed by atoms with E-state index in [1.54, 1.807) is 19.1 Å². The Morgan fingerprint density at radius 3 is 2.57 bits per heavy atom. The number of carbonyl (C=O) groups is 1. The van der Waals surface area contributed by atoms with Crippen molar-refractivity contribution in [1.29, 1.82) is 0 Å². The molecular weight excluding hydrogens is 268 g/mol. The third kappa shape index (κ3) is 3.62. The minimum atomic E-state index is -1.05. The maximum absolute atomic E-state index is 11.1. The Bertz CT molecular complexity index is 616. The van der Waals surface area contributed by atoms with E-state index in [9.17, 15) is 4.79 Å². The number of carboxylic acid groups (broad SMARTS) is 1. The van der Waals surface area contributed by atoms with E-state index in [0.29, 0.717) is 24.6 Å². The van der Waals surface area contributed by atoms with Crippen LogP contribution in [0.3, 0.4) is 0 Å². The Hall–Kier alpha value is -2.76. The summed E-state index contributed by atoms with van der Waals surface area (Å²) in [5.41, 5.74) is 7.37. The minimum absolute atomic E-state index is 0.192. The third-order valence-electron chi connectivity index (χ3n) is 3.06. The molecule has 4 N–H and O–H groups in total. The van der Waals surface area contributed by atoms with Crippen molar-refractivity contribution >= 4 is 23.4 Å². The number of aromatic nitrogens is 1. The summed E-state index contributed by atoms with van der Waals surface area (Å²) >= 11 is 0. The molecule has 110 valence electrons. The summed E-state index contributed by atoms with van der Waals surface area (Å²) in [6, 6.07) is 13.3. The summed E-state index contributed by atoms with van der Waals surface area (Å²) in [4.78, 5) is 16.5. The lowest BCUT2D eigenvalue weighted by molar-refractivity contribution is 0.202. The maximum atomic E-state index is 11.1. The van der Waals surface area contributed by atoms with Gasteiger partial charge < -0.3 is 16.2 Å². The Morgan fingerprint density at radius 2 is 2.00 bits per heavy atom. The zero-order valence-electron chi connectivity index (χ0n) is 11.8. The molecular formula is C15H18N4O2. The molecule has 0 spiro atoms. The summed E-state index contributed by atoms with van der Waals surface area (Å²) in [7, 11) is 0. The predicted octanol–water partition coefficient (Wildman–Crippen LogP) is 2.78. The first kappa shape index (κ1) is 14.6. The highest BCUT2D eigenvalue weighted by atomic mass is 16.4. The van der Waals surface area contributed by atoms with Crippen molar-refractivity contribution in [1.82, 2.24) is 4.98 Å². The normalized spacial score (nSPS) is 10.1. The molecule has 0 aliphatic heterocycles. The van der Waals surface area contributed by atoms with Crippen LogP contribution in [0.2, 0.25) is 0 Å². The zero-order valence-corrected chi connectivity index (χ0v) is 11.8. The molecule has 0 unspecified atom stereocenters. The number of hydrogen-bond acceptors (Lipinski definition) is 4. The average molecular weight is 286 g/mol. The van der Waals surface area contributed by atoms with Crippen LogP contribution < -0.4 is 16.0 Å². The SMILES string of the molecule is CCN(C(=O)O)c1ccc(NCc2ccccc2)nc1N. The van der Waals surface area contributed by atoms with E-state index in [2.05, 4.69) is 10.3 Å². The molecule has 2 aromatic rings. The molecule has 0 aliphatic carbocycles. The van der Waals surface area contributed by atoms with Crippen LogP contribution in [-0.4, -0.2) is 22.7 Å². The van der Waals surface area contributed by atoms with Crippen molar-refractivity contribution in [3.63, 3.8) is 0 Å². The number of pyridine rings is 1. The molecule has 21 heavy (non-hydrogen) atoms. The molecule has 1 aromatic heterocycles. The van der Waals surface area contributed by atoms with E-state index in [-0.39, 0.29) is 5.82 Å². The smallest absolute Gasteiger partial charge is 0.411 e. The highest BCUT2D eigenvalue weighted by molar-refractivity contribution is 5.89. The van der Waals surface area contributed by atoms with E-state index < -0.39 is 6.09 Å². The maximum Gasteiger partial charge on any atom is 0.411 e. The third-order valence-corrected chi connectivity index (χ3v) is 3.06. The molecule has 0 saturated heterocycles. The van der Waals surface area contributed by atoms with Gasteiger partial charge in [-0.15, -0.1) is 0 Å². The molecule has 6 nitrogen and oxygen atoms in total. The second-order valence-corrected chi connectivity index (χ2v) is 4.47. The van der Waals surface area contributed by atoms with Crippen molar-refractivity contribution in [2.24, 2.45) is 0 Å². The zero-order chi connectivity index (χ0) is 15.2. The fourth-order valence-corrected chi connectivity index (χ4v) is 1.99. The standard InChI is InChI=1S/C15H18N4O2/c1-2-19(15(20)21)12-8-9-13(18-14(12)16)17-10-11-6-4-3-5-7-11/h3-9H,2,10H2,1H3,(H,20,21)(H3,16,17,18). The van der Waals surface area contributed by atoms with Gasteiger partial charge in [-0.2, -0.15) is 0 Å². The Balaban J connectivity index is 2.10. The molecule has 0 bridgehead atoms. The lowest BCUT2D eigenvalue weighted by Gasteiger charge is -2.19. The van der Waals surface area contributed by atoms with Gasteiger partial charge in [-0.25, -0.2) is 9.78 Å². The lowest BCUT2D eigenvalue weighted by Crippen LogP contribution is -2.29. The first-order valence-corrected chi connectivity index (χ1v) is 6.66. The lowest BCUT2D eigenvalue weighted by atomic mass is 10.2. The molecule has 0 radical (unpaired) electrons. The monoisotopic (exact) mass is 286 g/mol. The molecule has 1 amide bonds. The van der Waals surface area contributed by atoms with Crippen LogP contribution in [0.1, 0.15) is 12.5 Å². The largest absolute Gasteiger partial charge is 0.465 e. The van der Waals surface area contributed by atoms with Crippen LogP contribution in [0, 0.1) is 0 Å². The highest BCUT2D eigenvalue weighted by Crippen LogP contribution is 2.23. The van der Waals surface area contributed by atoms with Crippen LogP contribution in [-0.2, 0) is 6.54 Å². The number of amides is 1. The van der Waals surface area contributed by atoms with Crippen molar-refractivity contribution < 1.29 is 9.90 Å². The number of hydrogen-bond donors (Lipinski definition) is 3. The number of nitrogens with one attached hydrogen (secondary N) is 1. The molecule has 1 aromatic carbocycles. The van der Waals surface area contributed by atoms with E-state index >= 15 is 0 Å². The van der Waals surface area contributed by atoms with Gasteiger partial charge in [-0.05, 0) is 24.6 Å². The van der Waals surface area contributed by atoms with Gasteiger partial charge in [0.15, 0.2) is 0 Å². The second kappa shape index (κ2) is 6.60. The van der Waals surface area contributed by atoms with Crippen LogP contribution in [0.25, 0.3) is 0 Å². The second-order valence-electron chi connectivity index (χ2n) is 4.47. The van der Waals surface area contributed by atoms with Crippen LogP contribution in [0.15, 0.2) is 42.5 Å². The van der Waals surface area contributed by atoms with Gasteiger partial charge in [0.1, 0.15) is 11.6 Å². The molecule has 1 heterocycles. The number of nitrogens with zero attached hydrogens (tertiary/aromatic N) is 2. The molecule has 2 rings (SSSR count). The van der Waals surface area contributed by atoms with E-state index in [1.165, 1.54) is 0 Å². The number of nitrogens with two attached hydrogens (primary N) is 1. The van der Waals surface area contributed by atoms with Gasteiger partial charge in [-0.1, -0.05) is 30.3 Å². The molecule has 0 aliphatic rings. The van der Waals surface area contributed by atoms with Crippen molar-refractivity contribution in [3.8, 4) is 0 Å². The van der Waals surface area contributed by atoms with E-state index in [1.807, 2.05) is 30.3 Å². The Kier molecular flexibility index (Phi) is 4.61. The minimum Gasteiger partial charge on any atom is -0.465 e. The first-order chi connectivity index (χ1) is 10.1. The number of benzene rings is 1. The topological polar surface area (TPSA) is 91.5 Å². The number of anilines is 3. The summed E-state index contributed by atoms with van der Waals surface area (Å²) < 4.78 is 0.